The highest BCUT2D eigenvalue weighted by atomic mass is 32.2. The van der Waals surface area contributed by atoms with Crippen LogP contribution in [0.2, 0.25) is 0 Å². The van der Waals surface area contributed by atoms with Gasteiger partial charge < -0.3 is 15.2 Å². The van der Waals surface area contributed by atoms with Crippen LogP contribution in [0.1, 0.15) is 6.42 Å². The van der Waals surface area contributed by atoms with E-state index >= 15 is 0 Å². The molecular weight excluding hydrogens is 162 g/mol. The number of thioether (sulfide) groups is 1. The second-order valence-corrected chi connectivity index (χ2v) is 4.11. The van der Waals surface area contributed by atoms with Crippen LogP contribution in [-0.2, 0) is 9.47 Å². The Hall–Kier alpha value is 0.230. The fourth-order valence-electron chi connectivity index (χ4n) is 1.47. The van der Waals surface area contributed by atoms with Gasteiger partial charge in [-0.25, -0.2) is 0 Å². The normalized spacial score (nSPS) is 43.9. The molecule has 0 bridgehead atoms. The summed E-state index contributed by atoms with van der Waals surface area (Å²) in [6, 6.07) is 0. The molecule has 2 heterocycles. The third-order valence-corrected chi connectivity index (χ3v) is 3.26. The van der Waals surface area contributed by atoms with Crippen LogP contribution in [0.4, 0.5) is 0 Å². The van der Waals surface area contributed by atoms with Gasteiger partial charge in [0.05, 0.1) is 12.7 Å². The molecule has 0 aromatic rings. The fourth-order valence-corrected chi connectivity index (χ4v) is 2.67. The second-order valence-electron chi connectivity index (χ2n) is 3.00. The maximum atomic E-state index is 5.69. The zero-order valence-corrected chi connectivity index (χ0v) is 7.23. The largest absolute Gasteiger partial charge is 0.346 e. The maximum absolute atomic E-state index is 5.69. The van der Waals surface area contributed by atoms with Crippen molar-refractivity contribution in [3.05, 3.63) is 0 Å². The lowest BCUT2D eigenvalue weighted by atomic mass is 10.2. The molecule has 64 valence electrons. The molecule has 0 aromatic carbocycles. The van der Waals surface area contributed by atoms with E-state index in [4.69, 9.17) is 15.2 Å². The minimum atomic E-state index is -0.255. The molecule has 2 saturated heterocycles. The SMILES string of the molecule is NCC1COC2(CCSC2)O1. The van der Waals surface area contributed by atoms with E-state index in [0.29, 0.717) is 13.2 Å². The Bertz CT molecular complexity index is 147. The molecule has 2 aliphatic rings. The zero-order valence-electron chi connectivity index (χ0n) is 6.41. The summed E-state index contributed by atoms with van der Waals surface area (Å²) in [4.78, 5) is 0. The third kappa shape index (κ3) is 1.40. The van der Waals surface area contributed by atoms with E-state index in [1.54, 1.807) is 0 Å². The highest BCUT2D eigenvalue weighted by Gasteiger charge is 2.43. The van der Waals surface area contributed by atoms with Crippen LogP contribution in [-0.4, -0.2) is 36.5 Å². The summed E-state index contributed by atoms with van der Waals surface area (Å²) in [5.41, 5.74) is 5.47. The number of hydrogen-bond acceptors (Lipinski definition) is 4. The summed E-state index contributed by atoms with van der Waals surface area (Å²) in [6.45, 7) is 1.25. The van der Waals surface area contributed by atoms with Crippen LogP contribution >= 0.6 is 11.8 Å². The maximum Gasteiger partial charge on any atom is 0.178 e. The summed E-state index contributed by atoms with van der Waals surface area (Å²) in [5, 5.41) is 0. The lowest BCUT2D eigenvalue weighted by Crippen LogP contribution is -2.32. The number of rotatable bonds is 1. The Morgan fingerprint density at radius 2 is 2.55 bits per heavy atom. The quantitative estimate of drug-likeness (QED) is 0.618. The smallest absolute Gasteiger partial charge is 0.178 e. The van der Waals surface area contributed by atoms with Gasteiger partial charge in [0.2, 0.25) is 0 Å². The highest BCUT2D eigenvalue weighted by molar-refractivity contribution is 7.99. The first-order valence-electron chi connectivity index (χ1n) is 3.94. The van der Waals surface area contributed by atoms with Crippen molar-refractivity contribution in [3.63, 3.8) is 0 Å². The molecule has 2 atom stereocenters. The van der Waals surface area contributed by atoms with Gasteiger partial charge in [-0.2, -0.15) is 11.8 Å². The van der Waals surface area contributed by atoms with E-state index in [9.17, 15) is 0 Å². The van der Waals surface area contributed by atoms with Crippen molar-refractivity contribution in [1.82, 2.24) is 0 Å². The molecule has 4 heteroatoms. The monoisotopic (exact) mass is 175 g/mol. The van der Waals surface area contributed by atoms with Crippen molar-refractivity contribution in [1.29, 1.82) is 0 Å². The minimum absolute atomic E-state index is 0.133. The molecular formula is C7H13NO2S. The summed E-state index contributed by atoms with van der Waals surface area (Å²) in [6.07, 6.45) is 1.16. The molecule has 2 rings (SSSR count). The number of hydrogen-bond donors (Lipinski definition) is 1. The lowest BCUT2D eigenvalue weighted by molar-refractivity contribution is -0.145. The summed E-state index contributed by atoms with van der Waals surface area (Å²) in [7, 11) is 0. The number of ether oxygens (including phenoxy) is 2. The molecule has 2 aliphatic heterocycles. The van der Waals surface area contributed by atoms with Crippen molar-refractivity contribution in [2.75, 3.05) is 24.7 Å². The standard InChI is InChI=1S/C7H13NO2S/c8-3-6-4-9-7(10-6)1-2-11-5-7/h6H,1-5,8H2. The van der Waals surface area contributed by atoms with Crippen molar-refractivity contribution < 1.29 is 9.47 Å². The predicted octanol–water partition coefficient (Wildman–Crippen LogP) is 0.194. The van der Waals surface area contributed by atoms with Crippen molar-refractivity contribution in [3.8, 4) is 0 Å². The third-order valence-electron chi connectivity index (χ3n) is 2.13. The molecule has 2 fully saturated rings. The highest BCUT2D eigenvalue weighted by Crippen LogP contribution is 2.36. The first kappa shape index (κ1) is 7.86. The molecule has 0 radical (unpaired) electrons. The van der Waals surface area contributed by atoms with Crippen molar-refractivity contribution in [2.24, 2.45) is 5.73 Å². The Labute approximate surface area is 70.6 Å². The van der Waals surface area contributed by atoms with Gasteiger partial charge in [0.1, 0.15) is 0 Å². The van der Waals surface area contributed by atoms with Crippen LogP contribution < -0.4 is 5.73 Å². The Morgan fingerprint density at radius 3 is 3.09 bits per heavy atom. The van der Waals surface area contributed by atoms with Gasteiger partial charge in [0.25, 0.3) is 0 Å². The lowest BCUT2D eigenvalue weighted by Gasteiger charge is -2.20. The minimum Gasteiger partial charge on any atom is -0.346 e. The molecule has 0 aromatic heterocycles. The van der Waals surface area contributed by atoms with Crippen molar-refractivity contribution >= 4 is 11.8 Å². The van der Waals surface area contributed by atoms with Gasteiger partial charge in [-0.1, -0.05) is 0 Å². The predicted molar refractivity (Wildman–Crippen MR) is 44.6 cm³/mol. The summed E-state index contributed by atoms with van der Waals surface area (Å²) in [5.74, 6) is 1.87. The molecule has 11 heavy (non-hydrogen) atoms. The van der Waals surface area contributed by atoms with E-state index in [0.717, 1.165) is 17.9 Å². The Morgan fingerprint density at radius 1 is 1.64 bits per heavy atom. The molecule has 2 N–H and O–H groups in total. The van der Waals surface area contributed by atoms with Crippen LogP contribution in [0.15, 0.2) is 0 Å². The van der Waals surface area contributed by atoms with Crippen LogP contribution in [0.5, 0.6) is 0 Å². The van der Waals surface area contributed by atoms with E-state index in [1.807, 2.05) is 11.8 Å². The van der Waals surface area contributed by atoms with Gasteiger partial charge in [0, 0.05) is 18.7 Å². The first-order chi connectivity index (χ1) is 5.35. The van der Waals surface area contributed by atoms with Gasteiger partial charge in [-0.3, -0.25) is 0 Å². The number of nitrogens with two attached hydrogens (primary N) is 1. The second kappa shape index (κ2) is 2.94. The van der Waals surface area contributed by atoms with E-state index in [-0.39, 0.29) is 11.9 Å². The average Bonchev–Trinajstić information content (AvgIpc) is 2.62. The molecule has 1 spiro atoms. The van der Waals surface area contributed by atoms with Gasteiger partial charge in [-0.05, 0) is 5.75 Å². The Balaban J connectivity index is 1.96. The van der Waals surface area contributed by atoms with E-state index in [1.165, 1.54) is 0 Å². The van der Waals surface area contributed by atoms with Crippen LogP contribution in [0.25, 0.3) is 0 Å². The topological polar surface area (TPSA) is 44.5 Å². The Kier molecular flexibility index (Phi) is 2.10. The van der Waals surface area contributed by atoms with Gasteiger partial charge >= 0.3 is 0 Å². The summed E-state index contributed by atoms with van der Waals surface area (Å²) < 4.78 is 11.3. The van der Waals surface area contributed by atoms with Crippen molar-refractivity contribution in [2.45, 2.75) is 18.3 Å². The molecule has 2 unspecified atom stereocenters. The van der Waals surface area contributed by atoms with E-state index in [2.05, 4.69) is 0 Å². The molecule has 0 saturated carbocycles. The fraction of sp³-hybridized carbons (Fsp3) is 1.00. The molecule has 0 aliphatic carbocycles. The van der Waals surface area contributed by atoms with Gasteiger partial charge in [0.15, 0.2) is 5.79 Å². The molecule has 3 nitrogen and oxygen atoms in total. The average molecular weight is 175 g/mol. The zero-order chi connectivity index (χ0) is 7.73. The van der Waals surface area contributed by atoms with Crippen LogP contribution in [0.3, 0.4) is 0 Å². The van der Waals surface area contributed by atoms with E-state index < -0.39 is 0 Å². The van der Waals surface area contributed by atoms with Crippen LogP contribution in [0, 0.1) is 0 Å². The van der Waals surface area contributed by atoms with Gasteiger partial charge in [-0.15, -0.1) is 0 Å². The first-order valence-corrected chi connectivity index (χ1v) is 5.10. The summed E-state index contributed by atoms with van der Waals surface area (Å²) >= 11 is 1.89. The molecule has 0 amide bonds.